The van der Waals surface area contributed by atoms with Gasteiger partial charge in [0.25, 0.3) is 0 Å². The SMILES string of the molecule is CC[C@H](C(=O)N[C@@H](C)CC)N(Cc1ccc(Cl)cc1)C(=O)CSCc1ccc(F)cc1. The highest BCUT2D eigenvalue weighted by Crippen LogP contribution is 2.19. The number of nitrogens with one attached hydrogen (secondary N) is 1. The van der Waals surface area contributed by atoms with Crippen molar-refractivity contribution in [2.24, 2.45) is 0 Å². The van der Waals surface area contributed by atoms with Gasteiger partial charge in [-0.25, -0.2) is 4.39 Å². The molecule has 2 aromatic carbocycles. The second-order valence-corrected chi connectivity index (χ2v) is 8.93. The van der Waals surface area contributed by atoms with Gasteiger partial charge in [-0.1, -0.05) is 49.7 Å². The first-order valence-electron chi connectivity index (χ1n) is 10.5. The van der Waals surface area contributed by atoms with Gasteiger partial charge in [0.1, 0.15) is 11.9 Å². The Kier molecular flexibility index (Phi) is 10.3. The van der Waals surface area contributed by atoms with E-state index in [0.717, 1.165) is 17.5 Å². The molecule has 168 valence electrons. The number of halogens is 2. The molecule has 0 aliphatic rings. The fourth-order valence-electron chi connectivity index (χ4n) is 3.07. The number of hydrogen-bond donors (Lipinski definition) is 1. The summed E-state index contributed by atoms with van der Waals surface area (Å²) < 4.78 is 13.1. The number of rotatable bonds is 11. The van der Waals surface area contributed by atoms with Gasteiger partial charge in [0.15, 0.2) is 0 Å². The summed E-state index contributed by atoms with van der Waals surface area (Å²) in [6, 6.07) is 13.0. The smallest absolute Gasteiger partial charge is 0.243 e. The van der Waals surface area contributed by atoms with Gasteiger partial charge in [0.05, 0.1) is 5.75 Å². The molecular formula is C24H30ClFN2O2S. The predicted octanol–water partition coefficient (Wildman–Crippen LogP) is 5.43. The second-order valence-electron chi connectivity index (χ2n) is 7.51. The predicted molar refractivity (Wildman–Crippen MR) is 127 cm³/mol. The number of benzene rings is 2. The average molecular weight is 465 g/mol. The van der Waals surface area contributed by atoms with Crippen LogP contribution in [-0.2, 0) is 21.9 Å². The molecule has 31 heavy (non-hydrogen) atoms. The van der Waals surface area contributed by atoms with Gasteiger partial charge in [-0.2, -0.15) is 0 Å². The maximum absolute atomic E-state index is 13.2. The summed E-state index contributed by atoms with van der Waals surface area (Å²) in [4.78, 5) is 27.7. The minimum atomic E-state index is -0.552. The third kappa shape index (κ3) is 8.19. The highest BCUT2D eigenvalue weighted by atomic mass is 35.5. The topological polar surface area (TPSA) is 49.4 Å². The molecule has 0 saturated carbocycles. The molecule has 0 unspecified atom stereocenters. The summed E-state index contributed by atoms with van der Waals surface area (Å²) >= 11 is 7.44. The summed E-state index contributed by atoms with van der Waals surface area (Å²) in [6.07, 6.45) is 1.34. The van der Waals surface area contributed by atoms with E-state index < -0.39 is 6.04 Å². The molecule has 1 N–H and O–H groups in total. The largest absolute Gasteiger partial charge is 0.352 e. The van der Waals surface area contributed by atoms with Crippen LogP contribution in [0.3, 0.4) is 0 Å². The zero-order chi connectivity index (χ0) is 22.8. The fraction of sp³-hybridized carbons (Fsp3) is 0.417. The van der Waals surface area contributed by atoms with Crippen molar-refractivity contribution < 1.29 is 14.0 Å². The molecule has 2 rings (SSSR count). The highest BCUT2D eigenvalue weighted by molar-refractivity contribution is 7.99. The van der Waals surface area contributed by atoms with Crippen LogP contribution < -0.4 is 5.32 Å². The van der Waals surface area contributed by atoms with Crippen molar-refractivity contribution in [2.75, 3.05) is 5.75 Å². The van der Waals surface area contributed by atoms with E-state index in [2.05, 4.69) is 5.32 Å². The molecule has 0 saturated heterocycles. The van der Waals surface area contributed by atoms with E-state index in [1.165, 1.54) is 23.9 Å². The molecule has 0 aliphatic carbocycles. The highest BCUT2D eigenvalue weighted by Gasteiger charge is 2.29. The van der Waals surface area contributed by atoms with Crippen molar-refractivity contribution in [2.45, 2.75) is 58.0 Å². The van der Waals surface area contributed by atoms with E-state index in [1.807, 2.05) is 32.9 Å². The Morgan fingerprint density at radius 3 is 2.23 bits per heavy atom. The standard InChI is InChI=1S/C24H30ClFN2O2S/c1-4-17(3)27-24(30)22(5-2)28(14-18-6-10-20(25)11-7-18)23(29)16-31-15-19-8-12-21(26)13-9-19/h6-13,17,22H,4-5,14-16H2,1-3H3,(H,27,30)/t17-,22+/m0/s1. The zero-order valence-electron chi connectivity index (χ0n) is 18.2. The Morgan fingerprint density at radius 2 is 1.65 bits per heavy atom. The van der Waals surface area contributed by atoms with Crippen LogP contribution in [0.15, 0.2) is 48.5 Å². The molecule has 0 spiro atoms. The van der Waals surface area contributed by atoms with Crippen LogP contribution in [0.2, 0.25) is 5.02 Å². The summed E-state index contributed by atoms with van der Waals surface area (Å²) in [5.41, 5.74) is 1.86. The van der Waals surface area contributed by atoms with Crippen LogP contribution in [0, 0.1) is 5.82 Å². The van der Waals surface area contributed by atoms with Crippen molar-refractivity contribution in [3.63, 3.8) is 0 Å². The molecule has 0 aromatic heterocycles. The van der Waals surface area contributed by atoms with Gasteiger partial charge in [0.2, 0.25) is 11.8 Å². The van der Waals surface area contributed by atoms with Crippen LogP contribution in [0.5, 0.6) is 0 Å². The molecule has 2 amide bonds. The van der Waals surface area contributed by atoms with E-state index >= 15 is 0 Å². The fourth-order valence-corrected chi connectivity index (χ4v) is 4.06. The van der Waals surface area contributed by atoms with Gasteiger partial charge >= 0.3 is 0 Å². The second kappa shape index (κ2) is 12.7. The third-order valence-electron chi connectivity index (χ3n) is 5.06. The third-order valence-corrected chi connectivity index (χ3v) is 6.30. The van der Waals surface area contributed by atoms with Crippen LogP contribution in [0.1, 0.15) is 44.7 Å². The lowest BCUT2D eigenvalue weighted by Gasteiger charge is -2.31. The van der Waals surface area contributed by atoms with E-state index in [4.69, 9.17) is 11.6 Å². The number of carbonyl (C=O) groups excluding carboxylic acids is 2. The minimum absolute atomic E-state index is 0.0434. The zero-order valence-corrected chi connectivity index (χ0v) is 19.8. The maximum atomic E-state index is 13.2. The van der Waals surface area contributed by atoms with Crippen molar-refractivity contribution in [1.29, 1.82) is 0 Å². The molecule has 4 nitrogen and oxygen atoms in total. The van der Waals surface area contributed by atoms with Crippen LogP contribution in [-0.4, -0.2) is 34.6 Å². The van der Waals surface area contributed by atoms with Gasteiger partial charge < -0.3 is 10.2 Å². The van der Waals surface area contributed by atoms with Crippen molar-refractivity contribution in [3.8, 4) is 0 Å². The summed E-state index contributed by atoms with van der Waals surface area (Å²) in [5, 5.41) is 3.62. The van der Waals surface area contributed by atoms with Crippen LogP contribution in [0.4, 0.5) is 4.39 Å². The molecule has 2 atom stereocenters. The van der Waals surface area contributed by atoms with Gasteiger partial charge in [-0.15, -0.1) is 11.8 Å². The first-order valence-corrected chi connectivity index (χ1v) is 12.0. The first-order chi connectivity index (χ1) is 14.8. The van der Waals surface area contributed by atoms with Crippen molar-refractivity contribution in [1.82, 2.24) is 10.2 Å². The molecule has 0 aliphatic heterocycles. The minimum Gasteiger partial charge on any atom is -0.352 e. The molecule has 0 heterocycles. The van der Waals surface area contributed by atoms with Crippen LogP contribution in [0.25, 0.3) is 0 Å². The quantitative estimate of drug-likeness (QED) is 0.482. The number of thioether (sulfide) groups is 1. The van der Waals surface area contributed by atoms with E-state index in [-0.39, 0.29) is 29.4 Å². The Balaban J connectivity index is 2.12. The monoisotopic (exact) mass is 464 g/mol. The molecule has 0 radical (unpaired) electrons. The number of carbonyl (C=O) groups is 2. The molecule has 0 fully saturated rings. The van der Waals surface area contributed by atoms with Crippen molar-refractivity contribution in [3.05, 3.63) is 70.5 Å². The van der Waals surface area contributed by atoms with E-state index in [1.54, 1.807) is 29.2 Å². The summed E-state index contributed by atoms with van der Waals surface area (Å²) in [5.74, 6) is 0.308. The van der Waals surface area contributed by atoms with E-state index in [0.29, 0.717) is 23.7 Å². The van der Waals surface area contributed by atoms with Crippen molar-refractivity contribution >= 4 is 35.2 Å². The summed E-state index contributed by atoms with van der Waals surface area (Å²) in [6.45, 7) is 6.21. The molecular weight excluding hydrogens is 435 g/mol. The first kappa shape index (κ1) is 25.2. The van der Waals surface area contributed by atoms with Gasteiger partial charge in [-0.05, 0) is 55.2 Å². The Hall–Kier alpha value is -2.05. The lowest BCUT2D eigenvalue weighted by molar-refractivity contribution is -0.139. The number of nitrogens with zero attached hydrogens (tertiary/aromatic N) is 1. The average Bonchev–Trinajstić information content (AvgIpc) is 2.76. The molecule has 0 bridgehead atoms. The van der Waals surface area contributed by atoms with Gasteiger partial charge in [0, 0.05) is 23.4 Å². The lowest BCUT2D eigenvalue weighted by Crippen LogP contribution is -2.51. The molecule has 2 aromatic rings. The molecule has 7 heteroatoms. The number of amides is 2. The lowest BCUT2D eigenvalue weighted by atomic mass is 10.1. The normalized spacial score (nSPS) is 12.8. The van der Waals surface area contributed by atoms with Gasteiger partial charge in [-0.3, -0.25) is 9.59 Å². The Morgan fingerprint density at radius 1 is 1.03 bits per heavy atom. The summed E-state index contributed by atoms with van der Waals surface area (Å²) in [7, 11) is 0. The number of hydrogen-bond acceptors (Lipinski definition) is 3. The Labute approximate surface area is 193 Å². The Bertz CT molecular complexity index is 846. The van der Waals surface area contributed by atoms with E-state index in [9.17, 15) is 14.0 Å². The van der Waals surface area contributed by atoms with Crippen LogP contribution >= 0.6 is 23.4 Å². The maximum Gasteiger partial charge on any atom is 0.243 e.